The SMILES string of the molecule is C.Cc1cc(CCc2ccc(C(=N)N)cc2)cc(CCc2ccc(C(=N)N)cc2)c1. The van der Waals surface area contributed by atoms with Crippen molar-refractivity contribution in [1.82, 2.24) is 0 Å². The first-order valence-electron chi connectivity index (χ1n) is 9.87. The Balaban J connectivity index is 0.00000320. The molecule has 30 heavy (non-hydrogen) atoms. The number of rotatable bonds is 8. The second kappa shape index (κ2) is 10.4. The summed E-state index contributed by atoms with van der Waals surface area (Å²) < 4.78 is 0. The number of aryl methyl sites for hydroxylation is 5. The van der Waals surface area contributed by atoms with E-state index < -0.39 is 0 Å². The van der Waals surface area contributed by atoms with Crippen molar-refractivity contribution in [3.8, 4) is 0 Å². The van der Waals surface area contributed by atoms with Crippen LogP contribution < -0.4 is 11.5 Å². The second-order valence-electron chi connectivity index (χ2n) is 7.55. The predicted molar refractivity (Wildman–Crippen MR) is 128 cm³/mol. The molecule has 6 N–H and O–H groups in total. The van der Waals surface area contributed by atoms with Crippen LogP contribution in [0, 0.1) is 17.7 Å². The monoisotopic (exact) mass is 400 g/mol. The molecule has 4 nitrogen and oxygen atoms in total. The molecule has 0 spiro atoms. The quantitative estimate of drug-likeness (QED) is 0.323. The Morgan fingerprint density at radius 1 is 0.600 bits per heavy atom. The van der Waals surface area contributed by atoms with Crippen LogP contribution in [0.4, 0.5) is 0 Å². The third-order valence-electron chi connectivity index (χ3n) is 5.13. The molecule has 0 saturated carbocycles. The number of hydrogen-bond donors (Lipinski definition) is 4. The van der Waals surface area contributed by atoms with Gasteiger partial charge in [0.1, 0.15) is 11.7 Å². The van der Waals surface area contributed by atoms with Gasteiger partial charge in [-0.25, -0.2) is 0 Å². The Morgan fingerprint density at radius 2 is 0.933 bits per heavy atom. The van der Waals surface area contributed by atoms with Crippen molar-refractivity contribution in [2.45, 2.75) is 40.0 Å². The summed E-state index contributed by atoms with van der Waals surface area (Å²) in [6, 6.07) is 22.7. The molecule has 0 aromatic heterocycles. The van der Waals surface area contributed by atoms with E-state index in [1.165, 1.54) is 27.8 Å². The summed E-state index contributed by atoms with van der Waals surface area (Å²) >= 11 is 0. The predicted octanol–water partition coefficient (Wildman–Crippen LogP) is 4.77. The average Bonchev–Trinajstić information content (AvgIpc) is 2.71. The van der Waals surface area contributed by atoms with Crippen LogP contribution in [0.5, 0.6) is 0 Å². The smallest absolute Gasteiger partial charge is 0.122 e. The third-order valence-corrected chi connectivity index (χ3v) is 5.13. The van der Waals surface area contributed by atoms with Crippen molar-refractivity contribution < 1.29 is 0 Å². The fraction of sp³-hybridized carbons (Fsp3) is 0.231. The minimum absolute atomic E-state index is 0. The Bertz CT molecular complexity index is 922. The van der Waals surface area contributed by atoms with Gasteiger partial charge in [-0.2, -0.15) is 0 Å². The van der Waals surface area contributed by atoms with E-state index in [1.54, 1.807) is 0 Å². The largest absolute Gasteiger partial charge is 0.384 e. The van der Waals surface area contributed by atoms with E-state index in [-0.39, 0.29) is 19.1 Å². The number of nitrogens with one attached hydrogen (secondary N) is 2. The van der Waals surface area contributed by atoms with Crippen LogP contribution >= 0.6 is 0 Å². The minimum atomic E-state index is 0. The van der Waals surface area contributed by atoms with E-state index in [1.807, 2.05) is 24.3 Å². The van der Waals surface area contributed by atoms with Gasteiger partial charge >= 0.3 is 0 Å². The molecule has 0 aliphatic heterocycles. The molecular formula is C26H32N4. The van der Waals surface area contributed by atoms with Gasteiger partial charge in [-0.3, -0.25) is 10.8 Å². The molecule has 0 saturated heterocycles. The highest BCUT2D eigenvalue weighted by Crippen LogP contribution is 2.16. The Kier molecular flexibility index (Phi) is 7.93. The summed E-state index contributed by atoms with van der Waals surface area (Å²) in [4.78, 5) is 0. The van der Waals surface area contributed by atoms with Gasteiger partial charge in [0.05, 0.1) is 0 Å². The fourth-order valence-corrected chi connectivity index (χ4v) is 3.52. The van der Waals surface area contributed by atoms with Gasteiger partial charge in [0, 0.05) is 11.1 Å². The van der Waals surface area contributed by atoms with E-state index in [0.29, 0.717) is 0 Å². The summed E-state index contributed by atoms with van der Waals surface area (Å²) in [5, 5.41) is 15.0. The molecule has 0 amide bonds. The molecule has 156 valence electrons. The lowest BCUT2D eigenvalue weighted by molar-refractivity contribution is 0.927. The molecule has 3 aromatic rings. The van der Waals surface area contributed by atoms with Crippen LogP contribution in [0.3, 0.4) is 0 Å². The van der Waals surface area contributed by atoms with E-state index in [0.717, 1.165) is 36.8 Å². The van der Waals surface area contributed by atoms with Crippen molar-refractivity contribution in [1.29, 1.82) is 10.8 Å². The molecule has 0 bridgehead atoms. The zero-order chi connectivity index (χ0) is 20.8. The summed E-state index contributed by atoms with van der Waals surface area (Å²) in [7, 11) is 0. The molecule has 3 aromatic carbocycles. The highest BCUT2D eigenvalue weighted by molar-refractivity contribution is 5.95. The van der Waals surface area contributed by atoms with Gasteiger partial charge in [-0.15, -0.1) is 0 Å². The molecule has 0 fully saturated rings. The highest BCUT2D eigenvalue weighted by Gasteiger charge is 2.03. The second-order valence-corrected chi connectivity index (χ2v) is 7.55. The number of nitrogens with two attached hydrogens (primary N) is 2. The van der Waals surface area contributed by atoms with Crippen LogP contribution in [0.25, 0.3) is 0 Å². The topological polar surface area (TPSA) is 99.7 Å². The maximum atomic E-state index is 7.48. The lowest BCUT2D eigenvalue weighted by Gasteiger charge is -2.09. The highest BCUT2D eigenvalue weighted by atomic mass is 14.7. The molecule has 0 radical (unpaired) electrons. The molecule has 0 unspecified atom stereocenters. The zero-order valence-corrected chi connectivity index (χ0v) is 16.8. The Hall–Kier alpha value is -3.40. The fourth-order valence-electron chi connectivity index (χ4n) is 3.52. The maximum Gasteiger partial charge on any atom is 0.122 e. The van der Waals surface area contributed by atoms with Crippen molar-refractivity contribution in [3.63, 3.8) is 0 Å². The first-order valence-corrected chi connectivity index (χ1v) is 9.87. The Labute approximate surface area is 180 Å². The van der Waals surface area contributed by atoms with Crippen molar-refractivity contribution in [3.05, 3.63) is 106 Å². The van der Waals surface area contributed by atoms with E-state index >= 15 is 0 Å². The first-order chi connectivity index (χ1) is 13.9. The number of nitrogen functional groups attached to an aromatic ring is 2. The molecule has 0 aliphatic carbocycles. The molecule has 0 heterocycles. The average molecular weight is 401 g/mol. The lowest BCUT2D eigenvalue weighted by Crippen LogP contribution is -2.10. The van der Waals surface area contributed by atoms with Crippen LogP contribution in [-0.2, 0) is 25.7 Å². The van der Waals surface area contributed by atoms with Gasteiger partial charge in [-0.1, -0.05) is 79.7 Å². The number of amidine groups is 2. The summed E-state index contributed by atoms with van der Waals surface area (Å²) in [5.74, 6) is 0.214. The molecule has 3 rings (SSSR count). The van der Waals surface area contributed by atoms with Gasteiger partial charge in [0.25, 0.3) is 0 Å². The standard InChI is InChI=1S/C25H28N4.CH4/c1-17-14-20(4-2-18-6-10-22(11-7-18)24(26)27)16-21(15-17)5-3-19-8-12-23(13-9-19)25(28)29;/h6-16H,2-5H2,1H3,(H3,26,27)(H3,28,29);1H4. The minimum Gasteiger partial charge on any atom is -0.384 e. The lowest BCUT2D eigenvalue weighted by atomic mass is 9.96. The van der Waals surface area contributed by atoms with Gasteiger partial charge < -0.3 is 11.5 Å². The van der Waals surface area contributed by atoms with E-state index in [9.17, 15) is 0 Å². The van der Waals surface area contributed by atoms with Gasteiger partial charge in [0.2, 0.25) is 0 Å². The molecule has 0 atom stereocenters. The van der Waals surface area contributed by atoms with Crippen molar-refractivity contribution >= 4 is 11.7 Å². The van der Waals surface area contributed by atoms with E-state index in [2.05, 4.69) is 49.4 Å². The van der Waals surface area contributed by atoms with Crippen molar-refractivity contribution in [2.24, 2.45) is 11.5 Å². The first kappa shape index (κ1) is 22.9. The molecule has 4 heteroatoms. The number of benzene rings is 3. The molecular weight excluding hydrogens is 368 g/mol. The van der Waals surface area contributed by atoms with Crippen molar-refractivity contribution in [2.75, 3.05) is 0 Å². The summed E-state index contributed by atoms with van der Waals surface area (Å²) in [6.45, 7) is 2.15. The van der Waals surface area contributed by atoms with Gasteiger partial charge in [0.15, 0.2) is 0 Å². The van der Waals surface area contributed by atoms with Crippen LogP contribution in [0.15, 0.2) is 66.7 Å². The molecule has 0 aliphatic rings. The van der Waals surface area contributed by atoms with Gasteiger partial charge in [-0.05, 0) is 54.9 Å². The van der Waals surface area contributed by atoms with Crippen LogP contribution in [0.1, 0.15) is 46.4 Å². The normalized spacial score (nSPS) is 10.3. The maximum absolute atomic E-state index is 7.48. The number of hydrogen-bond acceptors (Lipinski definition) is 2. The third kappa shape index (κ3) is 6.31. The van der Waals surface area contributed by atoms with E-state index in [4.69, 9.17) is 22.3 Å². The Morgan fingerprint density at radius 3 is 1.27 bits per heavy atom. The van der Waals surface area contributed by atoms with Crippen LogP contribution in [-0.4, -0.2) is 11.7 Å². The summed E-state index contributed by atoms with van der Waals surface area (Å²) in [5.41, 5.74) is 19.1. The summed E-state index contributed by atoms with van der Waals surface area (Å²) in [6.07, 6.45) is 3.91. The zero-order valence-electron chi connectivity index (χ0n) is 16.8. The van der Waals surface area contributed by atoms with Crippen LogP contribution in [0.2, 0.25) is 0 Å².